The van der Waals surface area contributed by atoms with Gasteiger partial charge in [-0.2, -0.15) is 4.98 Å². The molecule has 0 unspecified atom stereocenters. The number of rotatable bonds is 6. The van der Waals surface area contributed by atoms with E-state index in [-0.39, 0.29) is 0 Å². The lowest BCUT2D eigenvalue weighted by Crippen LogP contribution is -2.08. The number of para-hydroxylation sites is 3. The number of nitrogens with zero attached hydrogens (tertiary/aromatic N) is 4. The van der Waals surface area contributed by atoms with Crippen LogP contribution in [0.2, 0.25) is 0 Å². The molecule has 0 fully saturated rings. The maximum absolute atomic E-state index is 5.90. The van der Waals surface area contributed by atoms with Crippen molar-refractivity contribution in [3.05, 3.63) is 84.9 Å². The predicted molar refractivity (Wildman–Crippen MR) is 102 cm³/mol. The normalized spacial score (nSPS) is 11.1. The van der Waals surface area contributed by atoms with Gasteiger partial charge >= 0.3 is 0 Å². The fraction of sp³-hybridized carbons (Fsp3) is 0.0952. The average Bonchev–Trinajstić information content (AvgIpc) is 3.48. The van der Waals surface area contributed by atoms with Gasteiger partial charge in [-0.05, 0) is 30.3 Å². The zero-order chi connectivity index (χ0) is 18.8. The topological polar surface area (TPSA) is 79.1 Å². The van der Waals surface area contributed by atoms with E-state index in [0.29, 0.717) is 24.9 Å². The fourth-order valence-electron chi connectivity index (χ4n) is 3.04. The fourth-order valence-corrected chi connectivity index (χ4v) is 3.04. The Balaban J connectivity index is 1.45. The van der Waals surface area contributed by atoms with Crippen molar-refractivity contribution in [3.63, 3.8) is 0 Å². The number of fused-ring (bicyclic) bond motifs is 1. The molecular weight excluding hydrogens is 356 g/mol. The summed E-state index contributed by atoms with van der Waals surface area (Å²) < 4.78 is 18.5. The van der Waals surface area contributed by atoms with Gasteiger partial charge in [0.1, 0.15) is 31.0 Å². The molecule has 7 nitrogen and oxygen atoms in total. The summed E-state index contributed by atoms with van der Waals surface area (Å²) in [4.78, 5) is 9.18. The quantitative estimate of drug-likeness (QED) is 0.442. The highest BCUT2D eigenvalue weighted by atomic mass is 16.5. The second-order valence-corrected chi connectivity index (χ2v) is 6.23. The van der Waals surface area contributed by atoms with Crippen molar-refractivity contribution in [3.8, 4) is 17.1 Å². The van der Waals surface area contributed by atoms with Crippen molar-refractivity contribution in [2.75, 3.05) is 0 Å². The summed E-state index contributed by atoms with van der Waals surface area (Å²) >= 11 is 0. The molecule has 2 aromatic carbocycles. The first-order valence-electron chi connectivity index (χ1n) is 8.84. The molecule has 0 amide bonds. The summed E-state index contributed by atoms with van der Waals surface area (Å²) in [7, 11) is 0. The van der Waals surface area contributed by atoms with E-state index in [2.05, 4.69) is 10.1 Å². The molecule has 28 heavy (non-hydrogen) atoms. The average molecular weight is 372 g/mol. The van der Waals surface area contributed by atoms with Crippen LogP contribution in [0.5, 0.6) is 5.75 Å². The molecule has 0 radical (unpaired) electrons. The predicted octanol–water partition coefficient (Wildman–Crippen LogP) is 4.31. The Morgan fingerprint density at radius 3 is 2.64 bits per heavy atom. The summed E-state index contributed by atoms with van der Waals surface area (Å²) in [6.07, 6.45) is 3.16. The monoisotopic (exact) mass is 372 g/mol. The third-order valence-corrected chi connectivity index (χ3v) is 4.39. The molecule has 0 aliphatic heterocycles. The van der Waals surface area contributed by atoms with E-state index in [1.54, 1.807) is 18.6 Å². The van der Waals surface area contributed by atoms with Crippen LogP contribution in [0, 0.1) is 0 Å². The summed E-state index contributed by atoms with van der Waals surface area (Å²) in [5.41, 5.74) is 2.65. The van der Waals surface area contributed by atoms with Crippen LogP contribution in [-0.4, -0.2) is 19.7 Å². The van der Waals surface area contributed by atoms with Crippen molar-refractivity contribution in [1.82, 2.24) is 19.7 Å². The molecule has 138 valence electrons. The Bertz CT molecular complexity index is 1190. The number of hydrogen-bond acceptors (Lipinski definition) is 6. The Morgan fingerprint density at radius 1 is 0.929 bits per heavy atom. The van der Waals surface area contributed by atoms with Crippen molar-refractivity contribution in [2.45, 2.75) is 13.2 Å². The summed E-state index contributed by atoms with van der Waals surface area (Å²) in [5.74, 6) is 2.56. The summed E-state index contributed by atoms with van der Waals surface area (Å²) in [5, 5.41) is 4.03. The SMILES string of the molecule is c1ccc(OCc2nc3ccccc3n2Cc2nc(-c3ccoc3)no2)cc1. The Hall–Kier alpha value is -3.87. The van der Waals surface area contributed by atoms with Gasteiger partial charge in [0.15, 0.2) is 0 Å². The third kappa shape index (κ3) is 3.14. The Morgan fingerprint density at radius 2 is 1.79 bits per heavy atom. The second-order valence-electron chi connectivity index (χ2n) is 6.23. The van der Waals surface area contributed by atoms with E-state index in [1.807, 2.05) is 59.2 Å². The highest BCUT2D eigenvalue weighted by molar-refractivity contribution is 5.76. The molecule has 0 atom stereocenters. The minimum atomic E-state index is 0.335. The molecule has 5 rings (SSSR count). The molecule has 3 aromatic heterocycles. The lowest BCUT2D eigenvalue weighted by atomic mass is 10.3. The summed E-state index contributed by atoms with van der Waals surface area (Å²) in [6, 6.07) is 19.4. The first-order chi connectivity index (χ1) is 13.9. The van der Waals surface area contributed by atoms with E-state index in [4.69, 9.17) is 18.7 Å². The van der Waals surface area contributed by atoms with Crippen LogP contribution in [0.3, 0.4) is 0 Å². The molecule has 5 aromatic rings. The van der Waals surface area contributed by atoms with Crippen LogP contribution in [-0.2, 0) is 13.2 Å². The second kappa shape index (κ2) is 7.03. The smallest absolute Gasteiger partial charge is 0.246 e. The summed E-state index contributed by atoms with van der Waals surface area (Å²) in [6.45, 7) is 0.736. The molecule has 7 heteroatoms. The van der Waals surface area contributed by atoms with Gasteiger partial charge in [-0.25, -0.2) is 4.98 Å². The number of aromatic nitrogens is 4. The van der Waals surface area contributed by atoms with Crippen LogP contribution >= 0.6 is 0 Å². The molecule has 0 saturated heterocycles. The van der Waals surface area contributed by atoms with E-state index < -0.39 is 0 Å². The van der Waals surface area contributed by atoms with Crippen molar-refractivity contribution >= 4 is 11.0 Å². The van der Waals surface area contributed by atoms with E-state index in [1.165, 1.54) is 0 Å². The highest BCUT2D eigenvalue weighted by Gasteiger charge is 2.16. The zero-order valence-corrected chi connectivity index (χ0v) is 14.9. The van der Waals surface area contributed by atoms with Crippen LogP contribution < -0.4 is 4.74 Å². The molecule has 3 heterocycles. The molecule has 0 bridgehead atoms. The van der Waals surface area contributed by atoms with Crippen LogP contribution in [0.1, 0.15) is 11.7 Å². The first-order valence-corrected chi connectivity index (χ1v) is 8.84. The van der Waals surface area contributed by atoms with Gasteiger partial charge in [0.25, 0.3) is 0 Å². The van der Waals surface area contributed by atoms with Gasteiger partial charge in [0.2, 0.25) is 11.7 Å². The van der Waals surface area contributed by atoms with Crippen molar-refractivity contribution < 1.29 is 13.7 Å². The number of ether oxygens (including phenoxy) is 1. The molecule has 0 spiro atoms. The Labute approximate surface area is 160 Å². The molecule has 0 N–H and O–H groups in total. The molecular formula is C21H16N4O3. The van der Waals surface area contributed by atoms with Crippen molar-refractivity contribution in [2.24, 2.45) is 0 Å². The number of hydrogen-bond donors (Lipinski definition) is 0. The van der Waals surface area contributed by atoms with Gasteiger partial charge in [0, 0.05) is 0 Å². The standard InChI is InChI=1S/C21H16N4O3/c1-2-6-16(7-3-1)27-14-19-22-17-8-4-5-9-18(17)25(19)12-20-23-21(24-28-20)15-10-11-26-13-15/h1-11,13H,12,14H2. The van der Waals surface area contributed by atoms with Crippen LogP contribution in [0.15, 0.2) is 82.1 Å². The highest BCUT2D eigenvalue weighted by Crippen LogP contribution is 2.21. The number of furan rings is 1. The lowest BCUT2D eigenvalue weighted by molar-refractivity contribution is 0.288. The lowest BCUT2D eigenvalue weighted by Gasteiger charge is -2.08. The third-order valence-electron chi connectivity index (χ3n) is 4.39. The van der Waals surface area contributed by atoms with E-state index >= 15 is 0 Å². The van der Waals surface area contributed by atoms with Gasteiger partial charge in [-0.3, -0.25) is 0 Å². The minimum Gasteiger partial charge on any atom is -0.486 e. The molecule has 0 aliphatic rings. The largest absolute Gasteiger partial charge is 0.486 e. The van der Waals surface area contributed by atoms with Gasteiger partial charge < -0.3 is 18.2 Å². The maximum Gasteiger partial charge on any atom is 0.246 e. The van der Waals surface area contributed by atoms with Crippen LogP contribution in [0.25, 0.3) is 22.4 Å². The van der Waals surface area contributed by atoms with Gasteiger partial charge in [0.05, 0.1) is 22.9 Å². The minimum absolute atomic E-state index is 0.335. The zero-order valence-electron chi connectivity index (χ0n) is 14.9. The number of benzene rings is 2. The molecule has 0 aliphatic carbocycles. The Kier molecular flexibility index (Phi) is 4.10. The van der Waals surface area contributed by atoms with E-state index in [0.717, 1.165) is 28.2 Å². The van der Waals surface area contributed by atoms with Gasteiger partial charge in [-0.15, -0.1) is 0 Å². The van der Waals surface area contributed by atoms with Gasteiger partial charge in [-0.1, -0.05) is 35.5 Å². The number of imidazole rings is 1. The molecule has 0 saturated carbocycles. The van der Waals surface area contributed by atoms with Crippen molar-refractivity contribution in [1.29, 1.82) is 0 Å². The van der Waals surface area contributed by atoms with Crippen LogP contribution in [0.4, 0.5) is 0 Å². The first kappa shape index (κ1) is 16.3. The van der Waals surface area contributed by atoms with E-state index in [9.17, 15) is 0 Å². The maximum atomic E-state index is 5.90.